The zero-order chi connectivity index (χ0) is 14.2. The molecule has 0 spiro atoms. The second-order valence-corrected chi connectivity index (χ2v) is 4.76. The number of benzene rings is 2. The van der Waals surface area contributed by atoms with Crippen molar-refractivity contribution in [2.24, 2.45) is 0 Å². The van der Waals surface area contributed by atoms with Gasteiger partial charge in [0.1, 0.15) is 6.07 Å². The van der Waals surface area contributed by atoms with Crippen LogP contribution in [0.1, 0.15) is 5.56 Å². The van der Waals surface area contributed by atoms with Gasteiger partial charge >= 0.3 is 0 Å². The average Bonchev–Trinajstić information content (AvgIpc) is 2.97. The molecule has 0 saturated carbocycles. The fourth-order valence-electron chi connectivity index (χ4n) is 2.59. The first-order valence-corrected chi connectivity index (χ1v) is 6.59. The fourth-order valence-corrected chi connectivity index (χ4v) is 2.59. The summed E-state index contributed by atoms with van der Waals surface area (Å²) in [6, 6.07) is 18.0. The van der Waals surface area contributed by atoms with Gasteiger partial charge in [0.15, 0.2) is 0 Å². The number of hydrogen-bond donors (Lipinski definition) is 0. The van der Waals surface area contributed by atoms with Crippen molar-refractivity contribution in [2.45, 2.75) is 0 Å². The topological polar surface area (TPSA) is 54.5 Å². The molecule has 0 saturated heterocycles. The number of aromatic nitrogens is 3. The molecule has 0 bridgehead atoms. The molecule has 4 rings (SSSR count). The maximum absolute atomic E-state index is 9.42. The lowest BCUT2D eigenvalue weighted by atomic mass is 10.1. The van der Waals surface area contributed by atoms with Gasteiger partial charge in [-0.25, -0.2) is 4.68 Å². The summed E-state index contributed by atoms with van der Waals surface area (Å²) in [5.74, 6) is 0. The summed E-state index contributed by atoms with van der Waals surface area (Å²) in [6.07, 6.45) is 3.42. The Morgan fingerprint density at radius 3 is 2.67 bits per heavy atom. The van der Waals surface area contributed by atoms with Crippen LogP contribution in [0.2, 0.25) is 0 Å². The van der Waals surface area contributed by atoms with E-state index < -0.39 is 0 Å². The molecular formula is C17H10N4. The molecule has 0 amide bonds. The fraction of sp³-hybridized carbons (Fsp3) is 0. The first-order valence-electron chi connectivity index (χ1n) is 6.59. The van der Waals surface area contributed by atoms with E-state index >= 15 is 0 Å². The minimum Gasteiger partial charge on any atom is -0.255 e. The molecule has 0 N–H and O–H groups in total. The van der Waals surface area contributed by atoms with Crippen LogP contribution in [0, 0.1) is 11.3 Å². The van der Waals surface area contributed by atoms with E-state index in [-0.39, 0.29) is 0 Å². The first-order chi connectivity index (χ1) is 10.4. The predicted molar refractivity (Wildman–Crippen MR) is 81.1 cm³/mol. The first kappa shape index (κ1) is 11.6. The highest BCUT2D eigenvalue weighted by Crippen LogP contribution is 2.26. The quantitative estimate of drug-likeness (QED) is 0.532. The van der Waals surface area contributed by atoms with Gasteiger partial charge in [0, 0.05) is 17.0 Å². The highest BCUT2D eigenvalue weighted by atomic mass is 15.3. The summed E-state index contributed by atoms with van der Waals surface area (Å²) in [7, 11) is 0. The van der Waals surface area contributed by atoms with Crippen LogP contribution < -0.4 is 0 Å². The Labute approximate surface area is 120 Å². The van der Waals surface area contributed by atoms with E-state index in [0.717, 1.165) is 27.5 Å². The van der Waals surface area contributed by atoms with Crippen molar-refractivity contribution in [1.82, 2.24) is 14.8 Å². The Bertz CT molecular complexity index is 1010. The van der Waals surface area contributed by atoms with E-state index in [1.54, 1.807) is 6.20 Å². The Morgan fingerprint density at radius 1 is 0.952 bits per heavy atom. The largest absolute Gasteiger partial charge is 0.255 e. The molecule has 4 aromatic rings. The van der Waals surface area contributed by atoms with Crippen molar-refractivity contribution in [3.63, 3.8) is 0 Å². The summed E-state index contributed by atoms with van der Waals surface area (Å²) in [5, 5.41) is 15.8. The molecule has 98 valence electrons. The van der Waals surface area contributed by atoms with Crippen LogP contribution >= 0.6 is 0 Å². The molecule has 0 fully saturated rings. The Morgan fingerprint density at radius 2 is 1.76 bits per heavy atom. The molecule has 4 heteroatoms. The molecule has 21 heavy (non-hydrogen) atoms. The Kier molecular flexibility index (Phi) is 2.45. The van der Waals surface area contributed by atoms with E-state index in [1.807, 2.05) is 59.4 Å². The van der Waals surface area contributed by atoms with E-state index in [4.69, 9.17) is 0 Å². The van der Waals surface area contributed by atoms with E-state index in [0.29, 0.717) is 5.56 Å². The molecule has 4 nitrogen and oxygen atoms in total. The number of nitriles is 1. The van der Waals surface area contributed by atoms with Crippen molar-refractivity contribution >= 4 is 21.8 Å². The van der Waals surface area contributed by atoms with Gasteiger partial charge < -0.3 is 0 Å². The number of pyridine rings is 1. The average molecular weight is 270 g/mol. The van der Waals surface area contributed by atoms with Crippen LogP contribution in [-0.2, 0) is 0 Å². The lowest BCUT2D eigenvalue weighted by Crippen LogP contribution is -2.01. The highest BCUT2D eigenvalue weighted by molar-refractivity contribution is 5.92. The van der Waals surface area contributed by atoms with Gasteiger partial charge in [-0.3, -0.25) is 4.98 Å². The van der Waals surface area contributed by atoms with Crippen LogP contribution in [0.5, 0.6) is 0 Å². The number of para-hydroxylation sites is 2. The maximum atomic E-state index is 9.42. The minimum absolute atomic E-state index is 0.516. The number of hydrogen-bond acceptors (Lipinski definition) is 3. The third-order valence-corrected chi connectivity index (χ3v) is 3.56. The number of nitrogens with zero attached hydrogens (tertiary/aromatic N) is 4. The summed E-state index contributed by atoms with van der Waals surface area (Å²) < 4.78 is 1.82. The molecule has 0 unspecified atom stereocenters. The molecule has 2 aromatic heterocycles. The van der Waals surface area contributed by atoms with Crippen LogP contribution in [0.4, 0.5) is 0 Å². The van der Waals surface area contributed by atoms with Crippen LogP contribution in [0.25, 0.3) is 27.5 Å². The molecule has 2 aromatic carbocycles. The van der Waals surface area contributed by atoms with E-state index in [2.05, 4.69) is 16.2 Å². The van der Waals surface area contributed by atoms with Crippen LogP contribution in [0.3, 0.4) is 0 Å². The highest BCUT2D eigenvalue weighted by Gasteiger charge is 2.13. The molecule has 2 heterocycles. The lowest BCUT2D eigenvalue weighted by molar-refractivity contribution is 0.913. The standard InChI is InChI=1S/C17H10N4/c18-9-13-10-19-15-7-3-2-6-14(15)17(13)21-16-8-4-1-5-12(16)11-20-21/h1-8,10-11H. The SMILES string of the molecule is N#Cc1cnc2ccccc2c1-n1ncc2ccccc21. The summed E-state index contributed by atoms with van der Waals surface area (Å²) >= 11 is 0. The van der Waals surface area contributed by atoms with Crippen molar-refractivity contribution in [2.75, 3.05) is 0 Å². The van der Waals surface area contributed by atoms with Gasteiger partial charge in [0.05, 0.1) is 28.5 Å². The molecule has 0 aliphatic carbocycles. The van der Waals surface area contributed by atoms with Gasteiger partial charge in [0.25, 0.3) is 0 Å². The van der Waals surface area contributed by atoms with Gasteiger partial charge in [-0.05, 0) is 12.1 Å². The number of rotatable bonds is 1. The molecule has 0 aliphatic rings. The number of fused-ring (bicyclic) bond motifs is 2. The zero-order valence-electron chi connectivity index (χ0n) is 11.1. The lowest BCUT2D eigenvalue weighted by Gasteiger charge is -2.09. The Balaban J connectivity index is 2.17. The second-order valence-electron chi connectivity index (χ2n) is 4.76. The third kappa shape index (κ3) is 1.68. The van der Waals surface area contributed by atoms with Crippen LogP contribution in [0.15, 0.2) is 60.9 Å². The van der Waals surface area contributed by atoms with Crippen molar-refractivity contribution in [3.8, 4) is 11.8 Å². The summed E-state index contributed by atoms with van der Waals surface area (Å²) in [5.41, 5.74) is 3.13. The smallest absolute Gasteiger partial charge is 0.103 e. The molecule has 0 atom stereocenters. The maximum Gasteiger partial charge on any atom is 0.103 e. The van der Waals surface area contributed by atoms with E-state index in [1.165, 1.54) is 0 Å². The van der Waals surface area contributed by atoms with Gasteiger partial charge in [0.2, 0.25) is 0 Å². The Hall–Kier alpha value is -3.19. The summed E-state index contributed by atoms with van der Waals surface area (Å²) in [6.45, 7) is 0. The third-order valence-electron chi connectivity index (χ3n) is 3.56. The van der Waals surface area contributed by atoms with Crippen LogP contribution in [-0.4, -0.2) is 14.8 Å². The molecule has 0 aliphatic heterocycles. The zero-order valence-corrected chi connectivity index (χ0v) is 11.1. The second kappa shape index (κ2) is 4.43. The van der Waals surface area contributed by atoms with Crippen molar-refractivity contribution in [1.29, 1.82) is 5.26 Å². The summed E-state index contributed by atoms with van der Waals surface area (Å²) in [4.78, 5) is 4.34. The monoisotopic (exact) mass is 270 g/mol. The van der Waals surface area contributed by atoms with Crippen molar-refractivity contribution in [3.05, 3.63) is 66.5 Å². The van der Waals surface area contributed by atoms with Gasteiger partial charge in [-0.1, -0.05) is 36.4 Å². The molecule has 0 radical (unpaired) electrons. The van der Waals surface area contributed by atoms with Gasteiger partial charge in [-0.15, -0.1) is 0 Å². The molecular weight excluding hydrogens is 260 g/mol. The van der Waals surface area contributed by atoms with Gasteiger partial charge in [-0.2, -0.15) is 10.4 Å². The van der Waals surface area contributed by atoms with E-state index in [9.17, 15) is 5.26 Å². The predicted octanol–water partition coefficient (Wildman–Crippen LogP) is 3.45. The normalized spacial score (nSPS) is 10.8. The minimum atomic E-state index is 0.516. The van der Waals surface area contributed by atoms with Crippen molar-refractivity contribution < 1.29 is 0 Å².